The number of morpholine rings is 1. The van der Waals surface area contributed by atoms with E-state index in [0.717, 1.165) is 39.4 Å². The van der Waals surface area contributed by atoms with Gasteiger partial charge < -0.3 is 15.0 Å². The van der Waals surface area contributed by atoms with Gasteiger partial charge in [0.25, 0.3) is 0 Å². The molecule has 0 radical (unpaired) electrons. The Kier molecular flexibility index (Phi) is 5.21. The van der Waals surface area contributed by atoms with Gasteiger partial charge in [-0.15, -0.1) is 0 Å². The van der Waals surface area contributed by atoms with Crippen LogP contribution in [0, 0.1) is 0 Å². The van der Waals surface area contributed by atoms with E-state index < -0.39 is 0 Å². The van der Waals surface area contributed by atoms with Gasteiger partial charge in [0.15, 0.2) is 0 Å². The zero-order chi connectivity index (χ0) is 12.9. The van der Waals surface area contributed by atoms with Crippen molar-refractivity contribution in [2.75, 3.05) is 46.4 Å². The number of urea groups is 1. The van der Waals surface area contributed by atoms with Crippen molar-refractivity contribution >= 4 is 6.03 Å². The lowest BCUT2D eigenvalue weighted by Crippen LogP contribution is -2.49. The van der Waals surface area contributed by atoms with E-state index >= 15 is 0 Å². The van der Waals surface area contributed by atoms with Crippen LogP contribution in [0.3, 0.4) is 0 Å². The summed E-state index contributed by atoms with van der Waals surface area (Å²) in [6.45, 7) is 11.2. The third-order valence-electron chi connectivity index (χ3n) is 2.68. The molecule has 1 heterocycles. The van der Waals surface area contributed by atoms with E-state index in [4.69, 9.17) is 4.74 Å². The number of amides is 2. The van der Waals surface area contributed by atoms with E-state index in [1.165, 1.54) is 0 Å². The van der Waals surface area contributed by atoms with E-state index in [0.29, 0.717) is 0 Å². The van der Waals surface area contributed by atoms with Gasteiger partial charge in [0.05, 0.1) is 13.2 Å². The van der Waals surface area contributed by atoms with Gasteiger partial charge in [-0.3, -0.25) is 4.90 Å². The van der Waals surface area contributed by atoms with Crippen LogP contribution in [0.1, 0.15) is 20.8 Å². The zero-order valence-corrected chi connectivity index (χ0v) is 11.5. The fourth-order valence-corrected chi connectivity index (χ4v) is 1.63. The van der Waals surface area contributed by atoms with Gasteiger partial charge in [-0.1, -0.05) is 0 Å². The summed E-state index contributed by atoms with van der Waals surface area (Å²) < 4.78 is 5.29. The Labute approximate surface area is 104 Å². The molecule has 1 aliphatic heterocycles. The molecule has 1 N–H and O–H groups in total. The van der Waals surface area contributed by atoms with Crippen molar-refractivity contribution in [3.63, 3.8) is 0 Å². The summed E-state index contributed by atoms with van der Waals surface area (Å²) in [6, 6.07) is -0.00856. The number of carbonyl (C=O) groups excluding carboxylic acids is 1. The van der Waals surface area contributed by atoms with Crippen molar-refractivity contribution < 1.29 is 9.53 Å². The van der Waals surface area contributed by atoms with Crippen molar-refractivity contribution in [1.29, 1.82) is 0 Å². The lowest BCUT2D eigenvalue weighted by Gasteiger charge is -2.30. The molecule has 1 rings (SSSR count). The first-order chi connectivity index (χ1) is 7.88. The average Bonchev–Trinajstić information content (AvgIpc) is 2.25. The van der Waals surface area contributed by atoms with Crippen LogP contribution in [0.15, 0.2) is 0 Å². The topological polar surface area (TPSA) is 44.8 Å². The molecule has 5 heteroatoms. The highest BCUT2D eigenvalue weighted by Crippen LogP contribution is 2.01. The molecule has 0 spiro atoms. The van der Waals surface area contributed by atoms with Crippen molar-refractivity contribution in [3.05, 3.63) is 0 Å². The first-order valence-corrected chi connectivity index (χ1v) is 6.22. The van der Waals surface area contributed by atoms with Crippen molar-refractivity contribution in [2.24, 2.45) is 0 Å². The van der Waals surface area contributed by atoms with Crippen LogP contribution in [0.4, 0.5) is 4.79 Å². The Bertz CT molecular complexity index is 245. The highest BCUT2D eigenvalue weighted by Gasteiger charge is 2.18. The quantitative estimate of drug-likeness (QED) is 0.796. The number of nitrogens with zero attached hydrogens (tertiary/aromatic N) is 2. The highest BCUT2D eigenvalue weighted by atomic mass is 16.5. The fourth-order valence-electron chi connectivity index (χ4n) is 1.63. The molecule has 17 heavy (non-hydrogen) atoms. The second-order valence-corrected chi connectivity index (χ2v) is 5.56. The van der Waals surface area contributed by atoms with Gasteiger partial charge in [-0.2, -0.15) is 0 Å². The number of rotatable bonds is 3. The van der Waals surface area contributed by atoms with E-state index in [-0.39, 0.29) is 11.6 Å². The summed E-state index contributed by atoms with van der Waals surface area (Å²) in [7, 11) is 1.83. The number of carbonyl (C=O) groups is 1. The molecule has 0 aromatic carbocycles. The third kappa shape index (κ3) is 5.89. The molecule has 2 amide bonds. The van der Waals surface area contributed by atoms with Crippen molar-refractivity contribution in [1.82, 2.24) is 15.1 Å². The zero-order valence-electron chi connectivity index (χ0n) is 11.5. The second kappa shape index (κ2) is 6.21. The minimum Gasteiger partial charge on any atom is -0.379 e. The smallest absolute Gasteiger partial charge is 0.317 e. The first-order valence-electron chi connectivity index (χ1n) is 6.22. The van der Waals surface area contributed by atoms with E-state index in [1.54, 1.807) is 4.90 Å². The van der Waals surface area contributed by atoms with Gasteiger partial charge in [-0.05, 0) is 20.8 Å². The summed E-state index contributed by atoms with van der Waals surface area (Å²) in [4.78, 5) is 15.9. The summed E-state index contributed by atoms with van der Waals surface area (Å²) in [6.07, 6.45) is 0. The molecule has 0 aliphatic carbocycles. The van der Waals surface area contributed by atoms with Crippen LogP contribution in [-0.4, -0.2) is 67.8 Å². The minimum atomic E-state index is -0.176. The Hall–Kier alpha value is -0.810. The molecule has 5 nitrogen and oxygen atoms in total. The molecule has 0 aromatic rings. The van der Waals surface area contributed by atoms with Gasteiger partial charge in [0, 0.05) is 38.8 Å². The van der Waals surface area contributed by atoms with Gasteiger partial charge >= 0.3 is 6.03 Å². The molecule has 0 unspecified atom stereocenters. The number of hydrogen-bond donors (Lipinski definition) is 1. The molecular formula is C12H25N3O2. The molecule has 0 aromatic heterocycles. The van der Waals surface area contributed by atoms with E-state index in [1.807, 2.05) is 27.8 Å². The van der Waals surface area contributed by atoms with Crippen molar-refractivity contribution in [3.8, 4) is 0 Å². The summed E-state index contributed by atoms with van der Waals surface area (Å²) in [5.41, 5.74) is -0.176. The predicted molar refractivity (Wildman–Crippen MR) is 68.2 cm³/mol. The van der Waals surface area contributed by atoms with Gasteiger partial charge in [0.2, 0.25) is 0 Å². The monoisotopic (exact) mass is 243 g/mol. The van der Waals surface area contributed by atoms with Crippen LogP contribution in [0.25, 0.3) is 0 Å². The Morgan fingerprint density at radius 1 is 1.35 bits per heavy atom. The van der Waals surface area contributed by atoms with Gasteiger partial charge in [-0.25, -0.2) is 4.79 Å². The first kappa shape index (κ1) is 14.3. The second-order valence-electron chi connectivity index (χ2n) is 5.56. The molecular weight excluding hydrogens is 218 g/mol. The molecule has 0 bridgehead atoms. The third-order valence-corrected chi connectivity index (χ3v) is 2.68. The summed E-state index contributed by atoms with van der Waals surface area (Å²) >= 11 is 0. The number of nitrogens with one attached hydrogen (secondary N) is 1. The predicted octanol–water partition coefficient (Wildman–Crippen LogP) is 0.759. The van der Waals surface area contributed by atoms with E-state index in [2.05, 4.69) is 10.2 Å². The average molecular weight is 243 g/mol. The summed E-state index contributed by atoms with van der Waals surface area (Å²) in [5.74, 6) is 0. The van der Waals surface area contributed by atoms with Crippen LogP contribution >= 0.6 is 0 Å². The number of hydrogen-bond acceptors (Lipinski definition) is 3. The maximum absolute atomic E-state index is 11.8. The minimum absolute atomic E-state index is 0.00856. The lowest BCUT2D eigenvalue weighted by molar-refractivity contribution is 0.0356. The molecule has 1 fully saturated rings. The molecule has 0 atom stereocenters. The van der Waals surface area contributed by atoms with Crippen LogP contribution in [-0.2, 0) is 4.74 Å². The van der Waals surface area contributed by atoms with E-state index in [9.17, 15) is 4.79 Å². The molecule has 1 saturated heterocycles. The standard InChI is InChI=1S/C12H25N3O2/c1-12(2,3)13-11(16)14(4)5-6-15-7-9-17-10-8-15/h5-10H2,1-4H3,(H,13,16). The van der Waals surface area contributed by atoms with Crippen LogP contribution < -0.4 is 5.32 Å². The van der Waals surface area contributed by atoms with Crippen LogP contribution in [0.2, 0.25) is 0 Å². The Morgan fingerprint density at radius 3 is 2.47 bits per heavy atom. The molecule has 1 aliphatic rings. The van der Waals surface area contributed by atoms with Gasteiger partial charge in [0.1, 0.15) is 0 Å². The normalized spacial score (nSPS) is 17.9. The molecule has 100 valence electrons. The molecule has 0 saturated carbocycles. The SMILES string of the molecule is CN(CCN1CCOCC1)C(=O)NC(C)(C)C. The Morgan fingerprint density at radius 2 is 1.94 bits per heavy atom. The highest BCUT2D eigenvalue weighted by molar-refractivity contribution is 5.74. The maximum Gasteiger partial charge on any atom is 0.317 e. The van der Waals surface area contributed by atoms with Crippen LogP contribution in [0.5, 0.6) is 0 Å². The largest absolute Gasteiger partial charge is 0.379 e. The Balaban J connectivity index is 2.23. The number of ether oxygens (including phenoxy) is 1. The fraction of sp³-hybridized carbons (Fsp3) is 0.917. The lowest BCUT2D eigenvalue weighted by atomic mass is 10.1. The van der Waals surface area contributed by atoms with Crippen molar-refractivity contribution in [2.45, 2.75) is 26.3 Å². The maximum atomic E-state index is 11.8. The summed E-state index contributed by atoms with van der Waals surface area (Å²) in [5, 5.41) is 2.95. The number of likely N-dealkylation sites (N-methyl/N-ethyl adjacent to an activating group) is 1.